The molecule has 0 radical (unpaired) electrons. The maximum absolute atomic E-state index is 5.84. The Morgan fingerprint density at radius 2 is 1.88 bits per heavy atom. The summed E-state index contributed by atoms with van der Waals surface area (Å²) in [5.74, 6) is 1.37. The van der Waals surface area contributed by atoms with E-state index in [1.54, 1.807) is 0 Å². The Bertz CT molecular complexity index is 509. The van der Waals surface area contributed by atoms with Gasteiger partial charge in [-0.3, -0.25) is 0 Å². The zero-order chi connectivity index (χ0) is 16.6. The number of rotatable bonds is 7. The van der Waals surface area contributed by atoms with Gasteiger partial charge in [0.05, 0.1) is 11.6 Å². The summed E-state index contributed by atoms with van der Waals surface area (Å²) in [6.45, 7) is 6.08. The van der Waals surface area contributed by atoms with E-state index in [-0.39, 0.29) is 0 Å². The van der Waals surface area contributed by atoms with Gasteiger partial charge in [0, 0.05) is 31.4 Å². The predicted octanol–water partition coefficient (Wildman–Crippen LogP) is 3.72. The molecule has 0 unspecified atom stereocenters. The number of nitrogens with one attached hydrogen (secondary N) is 1. The average molecular weight is 349 g/mol. The highest BCUT2D eigenvalue weighted by molar-refractivity contribution is 7.80. The number of ether oxygens (including phenoxy) is 2. The average Bonchev–Trinajstić information content (AvgIpc) is 3.14. The summed E-state index contributed by atoms with van der Waals surface area (Å²) >= 11 is 5.52. The number of anilines is 1. The van der Waals surface area contributed by atoms with Crippen LogP contribution < -0.4 is 10.1 Å². The molecule has 5 heteroatoms. The van der Waals surface area contributed by atoms with Gasteiger partial charge in [0.15, 0.2) is 0 Å². The van der Waals surface area contributed by atoms with Crippen LogP contribution in [0.2, 0.25) is 0 Å². The molecule has 1 N–H and O–H groups in total. The van der Waals surface area contributed by atoms with Crippen molar-refractivity contribution in [2.24, 2.45) is 5.92 Å². The molecule has 0 aliphatic carbocycles. The van der Waals surface area contributed by atoms with E-state index in [0.717, 1.165) is 62.1 Å². The van der Waals surface area contributed by atoms with E-state index in [1.165, 1.54) is 25.9 Å². The quantitative estimate of drug-likeness (QED) is 0.600. The van der Waals surface area contributed by atoms with Gasteiger partial charge >= 0.3 is 0 Å². The smallest absolute Gasteiger partial charge is 0.119 e. The number of hydrogen-bond donors (Lipinski definition) is 1. The molecule has 2 aliphatic heterocycles. The second-order valence-corrected chi connectivity index (χ2v) is 7.09. The summed E-state index contributed by atoms with van der Waals surface area (Å²) in [7, 11) is 0. The summed E-state index contributed by atoms with van der Waals surface area (Å²) in [5.41, 5.74) is 1.04. The molecule has 1 aromatic carbocycles. The van der Waals surface area contributed by atoms with E-state index < -0.39 is 0 Å². The molecule has 0 bridgehead atoms. The minimum atomic E-state index is 0.440. The van der Waals surface area contributed by atoms with Crippen LogP contribution in [0, 0.1) is 5.92 Å². The summed E-state index contributed by atoms with van der Waals surface area (Å²) in [6, 6.07) is 8.12. The lowest BCUT2D eigenvalue weighted by molar-refractivity contribution is 0.0833. The SMILES string of the molecule is S=C(Nc1ccc(OCCCN2CCCC2)cc1)C1CCOCC1. The van der Waals surface area contributed by atoms with E-state index in [4.69, 9.17) is 21.7 Å². The lowest BCUT2D eigenvalue weighted by Gasteiger charge is -2.23. The van der Waals surface area contributed by atoms with Gasteiger partial charge in [-0.05, 0) is 69.5 Å². The van der Waals surface area contributed by atoms with Crippen molar-refractivity contribution >= 4 is 22.9 Å². The van der Waals surface area contributed by atoms with Gasteiger partial charge in [-0.2, -0.15) is 0 Å². The van der Waals surface area contributed by atoms with E-state index >= 15 is 0 Å². The lowest BCUT2D eigenvalue weighted by atomic mass is 10.0. The van der Waals surface area contributed by atoms with Crippen molar-refractivity contribution in [3.8, 4) is 5.75 Å². The Morgan fingerprint density at radius 1 is 1.17 bits per heavy atom. The molecule has 3 rings (SSSR count). The molecule has 0 saturated carbocycles. The Kier molecular flexibility index (Phi) is 6.87. The third-order valence-corrected chi connectivity index (χ3v) is 5.24. The first kappa shape index (κ1) is 17.6. The van der Waals surface area contributed by atoms with Crippen molar-refractivity contribution in [1.29, 1.82) is 0 Å². The topological polar surface area (TPSA) is 33.7 Å². The van der Waals surface area contributed by atoms with Gasteiger partial charge in [-0.1, -0.05) is 12.2 Å². The van der Waals surface area contributed by atoms with Crippen LogP contribution in [0.4, 0.5) is 5.69 Å². The maximum Gasteiger partial charge on any atom is 0.119 e. The van der Waals surface area contributed by atoms with Crippen LogP contribution in [0.5, 0.6) is 5.75 Å². The largest absolute Gasteiger partial charge is 0.494 e. The molecule has 132 valence electrons. The van der Waals surface area contributed by atoms with E-state index in [2.05, 4.69) is 10.2 Å². The van der Waals surface area contributed by atoms with E-state index in [1.807, 2.05) is 24.3 Å². The highest BCUT2D eigenvalue weighted by Crippen LogP contribution is 2.21. The monoisotopic (exact) mass is 348 g/mol. The van der Waals surface area contributed by atoms with Gasteiger partial charge in [-0.25, -0.2) is 0 Å². The highest BCUT2D eigenvalue weighted by atomic mass is 32.1. The van der Waals surface area contributed by atoms with E-state index in [0.29, 0.717) is 5.92 Å². The fourth-order valence-corrected chi connectivity index (χ4v) is 3.68. The summed E-state index contributed by atoms with van der Waals surface area (Å²) in [4.78, 5) is 3.45. The fraction of sp³-hybridized carbons (Fsp3) is 0.632. The van der Waals surface area contributed by atoms with Gasteiger partial charge in [0.2, 0.25) is 0 Å². The van der Waals surface area contributed by atoms with Gasteiger partial charge in [-0.15, -0.1) is 0 Å². The van der Waals surface area contributed by atoms with E-state index in [9.17, 15) is 0 Å². The normalized spacial score (nSPS) is 19.3. The molecule has 4 nitrogen and oxygen atoms in total. The standard InChI is InChI=1S/C19H28N2O2S/c24-19(16-8-14-22-15-9-16)20-17-4-6-18(7-5-17)23-13-3-12-21-10-1-2-11-21/h4-7,16H,1-3,8-15H2,(H,20,24). The van der Waals surface area contributed by atoms with Crippen LogP contribution in [0.15, 0.2) is 24.3 Å². The molecule has 0 spiro atoms. The molecule has 0 atom stereocenters. The molecule has 0 amide bonds. The van der Waals surface area contributed by atoms with Crippen molar-refractivity contribution in [3.63, 3.8) is 0 Å². The summed E-state index contributed by atoms with van der Waals surface area (Å²) in [5, 5.41) is 3.36. The van der Waals surface area contributed by atoms with Crippen molar-refractivity contribution in [2.45, 2.75) is 32.1 Å². The van der Waals surface area contributed by atoms with Gasteiger partial charge < -0.3 is 19.7 Å². The Morgan fingerprint density at radius 3 is 2.58 bits per heavy atom. The van der Waals surface area contributed by atoms with Gasteiger partial charge in [0.1, 0.15) is 5.75 Å². The minimum absolute atomic E-state index is 0.440. The number of hydrogen-bond acceptors (Lipinski definition) is 4. The fourth-order valence-electron chi connectivity index (χ4n) is 3.32. The zero-order valence-corrected chi connectivity index (χ0v) is 15.2. The molecule has 24 heavy (non-hydrogen) atoms. The molecule has 2 aliphatic rings. The Hall–Kier alpha value is -1.17. The van der Waals surface area contributed by atoms with Crippen LogP contribution in [-0.2, 0) is 4.74 Å². The predicted molar refractivity (Wildman–Crippen MR) is 102 cm³/mol. The lowest BCUT2D eigenvalue weighted by Crippen LogP contribution is -2.27. The van der Waals surface area contributed by atoms with Crippen molar-refractivity contribution in [1.82, 2.24) is 4.90 Å². The van der Waals surface area contributed by atoms with Gasteiger partial charge in [0.25, 0.3) is 0 Å². The second kappa shape index (κ2) is 9.35. The maximum atomic E-state index is 5.84. The zero-order valence-electron chi connectivity index (χ0n) is 14.3. The molecule has 2 heterocycles. The number of likely N-dealkylation sites (tertiary alicyclic amines) is 1. The summed E-state index contributed by atoms with van der Waals surface area (Å²) < 4.78 is 11.2. The molecule has 2 saturated heterocycles. The number of nitrogens with zero attached hydrogens (tertiary/aromatic N) is 1. The van der Waals surface area contributed by atoms with Crippen molar-refractivity contribution in [2.75, 3.05) is 44.8 Å². The third kappa shape index (κ3) is 5.43. The molecular weight excluding hydrogens is 320 g/mol. The van der Waals surface area contributed by atoms with Crippen molar-refractivity contribution in [3.05, 3.63) is 24.3 Å². The van der Waals surface area contributed by atoms with Crippen LogP contribution >= 0.6 is 12.2 Å². The first-order chi connectivity index (χ1) is 11.8. The first-order valence-electron chi connectivity index (χ1n) is 9.15. The Balaban J connectivity index is 1.37. The van der Waals surface area contributed by atoms with Crippen LogP contribution in [-0.4, -0.2) is 49.3 Å². The number of benzene rings is 1. The third-order valence-electron chi connectivity index (χ3n) is 4.80. The molecular formula is C19H28N2O2S. The van der Waals surface area contributed by atoms with Crippen LogP contribution in [0.25, 0.3) is 0 Å². The Labute approximate surface area is 150 Å². The number of thiocarbonyl (C=S) groups is 1. The van der Waals surface area contributed by atoms with Crippen molar-refractivity contribution < 1.29 is 9.47 Å². The molecule has 0 aromatic heterocycles. The first-order valence-corrected chi connectivity index (χ1v) is 9.56. The highest BCUT2D eigenvalue weighted by Gasteiger charge is 2.18. The molecule has 1 aromatic rings. The second-order valence-electron chi connectivity index (χ2n) is 6.65. The minimum Gasteiger partial charge on any atom is -0.494 e. The van der Waals surface area contributed by atoms with Crippen LogP contribution in [0.1, 0.15) is 32.1 Å². The van der Waals surface area contributed by atoms with Crippen LogP contribution in [0.3, 0.4) is 0 Å². The molecule has 2 fully saturated rings. The summed E-state index contributed by atoms with van der Waals surface area (Å²) in [6.07, 6.45) is 5.83.